The highest BCUT2D eigenvalue weighted by atomic mass is 79.9. The molecule has 0 aromatic heterocycles. The Kier molecular flexibility index (Phi) is 7.28. The number of sulfonamides is 1. The highest BCUT2D eigenvalue weighted by Crippen LogP contribution is 2.25. The maximum atomic E-state index is 12.0. The predicted octanol–water partition coefficient (Wildman–Crippen LogP) is 3.18. The molecule has 0 bridgehead atoms. The Morgan fingerprint density at radius 3 is 2.74 bits per heavy atom. The minimum absolute atomic E-state index is 0.0789. The van der Waals surface area contributed by atoms with Crippen LogP contribution in [0.15, 0.2) is 27.6 Å². The van der Waals surface area contributed by atoms with Crippen molar-refractivity contribution in [3.63, 3.8) is 0 Å². The van der Waals surface area contributed by atoms with Crippen LogP contribution in [0.25, 0.3) is 0 Å². The van der Waals surface area contributed by atoms with Crippen LogP contribution < -0.4 is 4.72 Å². The molecule has 0 saturated heterocycles. The Bertz CT molecular complexity index is 525. The second kappa shape index (κ2) is 7.95. The molecule has 19 heavy (non-hydrogen) atoms. The third kappa shape index (κ3) is 5.69. The van der Waals surface area contributed by atoms with E-state index in [1.54, 1.807) is 19.2 Å². The van der Waals surface area contributed by atoms with E-state index in [9.17, 15) is 8.42 Å². The molecule has 0 radical (unpaired) electrons. The molecule has 1 unspecified atom stereocenters. The van der Waals surface area contributed by atoms with E-state index in [1.165, 1.54) is 6.07 Å². The molecule has 0 aliphatic rings. The van der Waals surface area contributed by atoms with Crippen LogP contribution in [0.4, 0.5) is 0 Å². The van der Waals surface area contributed by atoms with Gasteiger partial charge in [-0.2, -0.15) is 0 Å². The molecule has 108 valence electrons. The third-order valence-electron chi connectivity index (χ3n) is 2.28. The first-order valence-electron chi connectivity index (χ1n) is 5.44. The lowest BCUT2D eigenvalue weighted by Gasteiger charge is -2.11. The van der Waals surface area contributed by atoms with Gasteiger partial charge in [-0.1, -0.05) is 43.5 Å². The van der Waals surface area contributed by atoms with Gasteiger partial charge in [0.2, 0.25) is 10.0 Å². The zero-order chi connectivity index (χ0) is 14.5. The minimum Gasteiger partial charge on any atom is -0.384 e. The molecule has 4 nitrogen and oxygen atoms in total. The Morgan fingerprint density at radius 2 is 2.16 bits per heavy atom. The SMILES string of the molecule is COCC(Br)CCNS(=O)(=O)c1ccc(Br)cc1Cl. The number of alkyl halides is 1. The molecule has 0 fully saturated rings. The summed E-state index contributed by atoms with van der Waals surface area (Å²) in [6, 6.07) is 4.66. The molecule has 0 saturated carbocycles. The highest BCUT2D eigenvalue weighted by Gasteiger charge is 2.18. The zero-order valence-electron chi connectivity index (χ0n) is 10.2. The fourth-order valence-electron chi connectivity index (χ4n) is 1.38. The molecule has 0 aliphatic heterocycles. The summed E-state index contributed by atoms with van der Waals surface area (Å²) in [6.07, 6.45) is 0.626. The van der Waals surface area contributed by atoms with Crippen molar-refractivity contribution in [3.05, 3.63) is 27.7 Å². The van der Waals surface area contributed by atoms with Gasteiger partial charge in [0, 0.05) is 23.0 Å². The van der Waals surface area contributed by atoms with E-state index in [0.717, 1.165) is 4.47 Å². The number of halogens is 3. The van der Waals surface area contributed by atoms with Gasteiger partial charge >= 0.3 is 0 Å². The summed E-state index contributed by atoms with van der Waals surface area (Å²) in [7, 11) is -1.99. The van der Waals surface area contributed by atoms with Crippen LogP contribution in [0, 0.1) is 0 Å². The summed E-state index contributed by atoms with van der Waals surface area (Å²) in [4.78, 5) is 0.191. The summed E-state index contributed by atoms with van der Waals surface area (Å²) in [5, 5.41) is 0.189. The third-order valence-corrected chi connectivity index (χ3v) is 5.44. The minimum atomic E-state index is -3.58. The zero-order valence-corrected chi connectivity index (χ0v) is 14.9. The average molecular weight is 436 g/mol. The predicted molar refractivity (Wildman–Crippen MR) is 83.5 cm³/mol. The molecule has 0 aliphatic carbocycles. The molecule has 1 N–H and O–H groups in total. The van der Waals surface area contributed by atoms with Gasteiger partial charge in [-0.3, -0.25) is 0 Å². The number of methoxy groups -OCH3 is 1. The van der Waals surface area contributed by atoms with Crippen molar-refractivity contribution < 1.29 is 13.2 Å². The van der Waals surface area contributed by atoms with Crippen molar-refractivity contribution in [3.8, 4) is 0 Å². The molecule has 8 heteroatoms. The Balaban J connectivity index is 2.66. The second-order valence-corrected chi connectivity index (χ2v) is 8.17. The van der Waals surface area contributed by atoms with Crippen LogP contribution in [-0.2, 0) is 14.8 Å². The molecular formula is C11H14Br2ClNO3S. The van der Waals surface area contributed by atoms with Gasteiger partial charge in [0.15, 0.2) is 0 Å². The quantitative estimate of drug-likeness (QED) is 0.670. The largest absolute Gasteiger partial charge is 0.384 e. The van der Waals surface area contributed by atoms with Crippen LogP contribution >= 0.6 is 43.5 Å². The summed E-state index contributed by atoms with van der Waals surface area (Å²) >= 11 is 12.6. The molecular weight excluding hydrogens is 421 g/mol. The number of hydrogen-bond donors (Lipinski definition) is 1. The number of ether oxygens (including phenoxy) is 1. The van der Waals surface area contributed by atoms with Crippen molar-refractivity contribution in [2.45, 2.75) is 16.1 Å². The molecule has 0 amide bonds. The van der Waals surface area contributed by atoms with E-state index in [1.807, 2.05) is 0 Å². The first-order chi connectivity index (χ1) is 8.86. The fourth-order valence-corrected chi connectivity index (χ4v) is 3.96. The van der Waals surface area contributed by atoms with Gasteiger partial charge in [-0.25, -0.2) is 13.1 Å². The standard InChI is InChI=1S/C11H14Br2ClNO3S/c1-18-7-9(13)4-5-15-19(16,17)11-3-2-8(12)6-10(11)14/h2-3,6,9,15H,4-5,7H2,1H3. The number of benzene rings is 1. The van der Waals surface area contributed by atoms with Gasteiger partial charge in [0.25, 0.3) is 0 Å². The lowest BCUT2D eigenvalue weighted by Crippen LogP contribution is -2.27. The van der Waals surface area contributed by atoms with Crippen LogP contribution in [-0.4, -0.2) is 33.5 Å². The van der Waals surface area contributed by atoms with Crippen LogP contribution in [0.5, 0.6) is 0 Å². The molecule has 1 atom stereocenters. The first kappa shape index (κ1) is 17.4. The van der Waals surface area contributed by atoms with Crippen molar-refractivity contribution in [1.82, 2.24) is 4.72 Å². The number of nitrogens with one attached hydrogen (secondary N) is 1. The summed E-state index contributed by atoms with van der Waals surface area (Å²) in [5.41, 5.74) is 0. The maximum Gasteiger partial charge on any atom is 0.242 e. The maximum absolute atomic E-state index is 12.0. The Labute approximate surface area is 135 Å². The van der Waals surface area contributed by atoms with E-state index < -0.39 is 10.0 Å². The van der Waals surface area contributed by atoms with Crippen molar-refractivity contribution >= 4 is 53.5 Å². The normalized spacial score (nSPS) is 13.5. The van der Waals surface area contributed by atoms with E-state index >= 15 is 0 Å². The van der Waals surface area contributed by atoms with Crippen molar-refractivity contribution in [2.75, 3.05) is 20.3 Å². The fraction of sp³-hybridized carbons (Fsp3) is 0.455. The van der Waals surface area contributed by atoms with Crippen molar-refractivity contribution in [2.24, 2.45) is 0 Å². The van der Waals surface area contributed by atoms with Gasteiger partial charge < -0.3 is 4.74 Å². The van der Waals surface area contributed by atoms with Gasteiger partial charge in [-0.05, 0) is 24.6 Å². The van der Waals surface area contributed by atoms with E-state index in [0.29, 0.717) is 19.6 Å². The van der Waals surface area contributed by atoms with Gasteiger partial charge in [-0.15, -0.1) is 0 Å². The summed E-state index contributed by atoms with van der Waals surface area (Å²) < 4.78 is 32.3. The first-order valence-corrected chi connectivity index (χ1v) is 9.01. The summed E-state index contributed by atoms with van der Waals surface area (Å²) in [6.45, 7) is 0.842. The van der Waals surface area contributed by atoms with E-state index in [-0.39, 0.29) is 14.7 Å². The van der Waals surface area contributed by atoms with Gasteiger partial charge in [0.05, 0.1) is 11.6 Å². The average Bonchev–Trinajstić information content (AvgIpc) is 2.28. The summed E-state index contributed by atoms with van der Waals surface area (Å²) in [5.74, 6) is 0. The highest BCUT2D eigenvalue weighted by molar-refractivity contribution is 9.10. The van der Waals surface area contributed by atoms with Crippen molar-refractivity contribution in [1.29, 1.82) is 0 Å². The molecule has 0 spiro atoms. The lowest BCUT2D eigenvalue weighted by atomic mass is 10.3. The monoisotopic (exact) mass is 433 g/mol. The van der Waals surface area contributed by atoms with Crippen LogP contribution in [0.3, 0.4) is 0 Å². The van der Waals surface area contributed by atoms with Gasteiger partial charge in [0.1, 0.15) is 4.90 Å². The van der Waals surface area contributed by atoms with E-state index in [4.69, 9.17) is 16.3 Å². The molecule has 1 rings (SSSR count). The lowest BCUT2D eigenvalue weighted by molar-refractivity contribution is 0.199. The van der Waals surface area contributed by atoms with Crippen LogP contribution in [0.1, 0.15) is 6.42 Å². The number of rotatable bonds is 7. The second-order valence-electron chi connectivity index (χ2n) is 3.81. The Morgan fingerprint density at radius 1 is 1.47 bits per heavy atom. The molecule has 1 aromatic carbocycles. The molecule has 0 heterocycles. The number of hydrogen-bond acceptors (Lipinski definition) is 3. The smallest absolute Gasteiger partial charge is 0.242 e. The Hall–Kier alpha value is 0.340. The van der Waals surface area contributed by atoms with E-state index in [2.05, 4.69) is 36.6 Å². The van der Waals surface area contributed by atoms with Crippen LogP contribution in [0.2, 0.25) is 5.02 Å². The topological polar surface area (TPSA) is 55.4 Å². The molecule has 1 aromatic rings.